The second-order valence-corrected chi connectivity index (χ2v) is 10.4. The summed E-state index contributed by atoms with van der Waals surface area (Å²) in [6, 6.07) is 13.7. The SMILES string of the molecule is O=C(O)OC1CCOc2c1cc(Cl)c(Oc1ccc(C(=O)NCCc3ccc(Cl)cc3Cl)cc1)c2C1CC1. The van der Waals surface area contributed by atoms with Gasteiger partial charge in [-0.2, -0.15) is 0 Å². The molecule has 38 heavy (non-hydrogen) atoms. The molecular weight excluding hydrogens is 553 g/mol. The Morgan fingerprint density at radius 1 is 1.00 bits per heavy atom. The quantitative estimate of drug-likeness (QED) is 0.266. The van der Waals surface area contributed by atoms with E-state index in [4.69, 9.17) is 54.1 Å². The summed E-state index contributed by atoms with van der Waals surface area (Å²) in [5.74, 6) is 1.56. The number of carboxylic acid groups (broad SMARTS) is 1. The molecule has 1 aliphatic heterocycles. The molecule has 0 radical (unpaired) electrons. The van der Waals surface area contributed by atoms with E-state index in [0.29, 0.717) is 69.4 Å². The summed E-state index contributed by atoms with van der Waals surface area (Å²) in [5.41, 5.74) is 2.83. The normalized spacial score (nSPS) is 16.2. The molecule has 1 unspecified atom stereocenters. The van der Waals surface area contributed by atoms with Gasteiger partial charge in [-0.25, -0.2) is 4.79 Å². The monoisotopic (exact) mass is 575 g/mol. The number of fused-ring (bicyclic) bond motifs is 1. The molecule has 1 aliphatic carbocycles. The lowest BCUT2D eigenvalue weighted by Gasteiger charge is -2.28. The van der Waals surface area contributed by atoms with Gasteiger partial charge in [0.05, 0.1) is 11.6 Å². The number of amides is 1. The molecule has 0 saturated heterocycles. The van der Waals surface area contributed by atoms with Gasteiger partial charge in [0.25, 0.3) is 5.91 Å². The van der Waals surface area contributed by atoms with Crippen molar-refractivity contribution < 1.29 is 28.9 Å². The summed E-state index contributed by atoms with van der Waals surface area (Å²) in [6.07, 6.45) is 0.911. The predicted molar refractivity (Wildman–Crippen MR) is 144 cm³/mol. The van der Waals surface area contributed by atoms with E-state index >= 15 is 0 Å². The fourth-order valence-electron chi connectivity index (χ4n) is 4.50. The van der Waals surface area contributed by atoms with Gasteiger partial charge in [0.2, 0.25) is 0 Å². The molecule has 2 N–H and O–H groups in total. The van der Waals surface area contributed by atoms with Gasteiger partial charge in [-0.3, -0.25) is 4.79 Å². The Kier molecular flexibility index (Phi) is 7.88. The Balaban J connectivity index is 1.29. The van der Waals surface area contributed by atoms with Crippen LogP contribution in [-0.4, -0.2) is 30.3 Å². The Bertz CT molecular complexity index is 1370. The molecule has 1 fully saturated rings. The second-order valence-electron chi connectivity index (χ2n) is 9.17. The highest BCUT2D eigenvalue weighted by Gasteiger charge is 2.37. The van der Waals surface area contributed by atoms with Gasteiger partial charge in [-0.1, -0.05) is 40.9 Å². The number of halogens is 3. The van der Waals surface area contributed by atoms with Crippen LogP contribution < -0.4 is 14.8 Å². The average Bonchev–Trinajstić information content (AvgIpc) is 3.71. The molecule has 3 aromatic carbocycles. The van der Waals surface area contributed by atoms with Gasteiger partial charge in [-0.05, 0) is 73.2 Å². The van der Waals surface area contributed by atoms with Crippen LogP contribution >= 0.6 is 34.8 Å². The van der Waals surface area contributed by atoms with E-state index in [2.05, 4.69) is 5.32 Å². The Hall–Kier alpha value is -3.13. The van der Waals surface area contributed by atoms with Crippen molar-refractivity contribution in [1.29, 1.82) is 0 Å². The van der Waals surface area contributed by atoms with E-state index < -0.39 is 12.3 Å². The molecule has 1 heterocycles. The first-order chi connectivity index (χ1) is 18.3. The van der Waals surface area contributed by atoms with Crippen molar-refractivity contribution in [1.82, 2.24) is 5.32 Å². The third-order valence-electron chi connectivity index (χ3n) is 6.48. The van der Waals surface area contributed by atoms with Crippen LogP contribution in [0.5, 0.6) is 17.2 Å². The zero-order valence-electron chi connectivity index (χ0n) is 20.1. The molecular formula is C28H24Cl3NO6. The first-order valence-electron chi connectivity index (χ1n) is 12.2. The highest BCUT2D eigenvalue weighted by Crippen LogP contribution is 2.55. The lowest BCUT2D eigenvalue weighted by atomic mass is 9.96. The summed E-state index contributed by atoms with van der Waals surface area (Å²) in [5, 5.41) is 13.5. The first-order valence-corrected chi connectivity index (χ1v) is 13.3. The van der Waals surface area contributed by atoms with E-state index in [1.165, 1.54) is 0 Å². The molecule has 198 valence electrons. The highest BCUT2D eigenvalue weighted by atomic mass is 35.5. The van der Waals surface area contributed by atoms with Gasteiger partial charge in [-0.15, -0.1) is 0 Å². The van der Waals surface area contributed by atoms with E-state index in [9.17, 15) is 9.59 Å². The molecule has 0 bridgehead atoms. The van der Waals surface area contributed by atoms with Gasteiger partial charge < -0.3 is 24.6 Å². The van der Waals surface area contributed by atoms with Crippen LogP contribution in [0.4, 0.5) is 4.79 Å². The van der Waals surface area contributed by atoms with Crippen molar-refractivity contribution in [3.05, 3.63) is 85.9 Å². The maximum atomic E-state index is 12.6. The summed E-state index contributed by atoms with van der Waals surface area (Å²) < 4.78 is 17.2. The minimum absolute atomic E-state index is 0.209. The fourth-order valence-corrected chi connectivity index (χ4v) is 5.26. The van der Waals surface area contributed by atoms with E-state index in [1.807, 2.05) is 6.07 Å². The maximum Gasteiger partial charge on any atom is 0.506 e. The Morgan fingerprint density at radius 3 is 2.45 bits per heavy atom. The number of ether oxygens (including phenoxy) is 3. The van der Waals surface area contributed by atoms with Gasteiger partial charge in [0.1, 0.15) is 17.6 Å². The van der Waals surface area contributed by atoms with Crippen molar-refractivity contribution in [3.8, 4) is 17.2 Å². The standard InChI is InChI=1S/C28H24Cl3NO6/c29-18-6-3-15(21(30)13-18)9-11-32-27(33)17-4-7-19(8-5-17)37-26-22(31)14-20-23(38-28(34)35)10-12-36-25(20)24(26)16-1-2-16/h3-8,13-14,16,23H,1-2,9-12H2,(H,32,33)(H,34,35). The average molecular weight is 577 g/mol. The molecule has 3 aromatic rings. The zero-order valence-corrected chi connectivity index (χ0v) is 22.4. The molecule has 10 heteroatoms. The van der Waals surface area contributed by atoms with Crippen LogP contribution in [-0.2, 0) is 11.2 Å². The smallest absolute Gasteiger partial charge is 0.493 e. The maximum absolute atomic E-state index is 12.6. The van der Waals surface area contributed by atoms with E-state index in [0.717, 1.165) is 24.0 Å². The van der Waals surface area contributed by atoms with Gasteiger partial charge in [0.15, 0.2) is 5.75 Å². The molecule has 2 aliphatic rings. The van der Waals surface area contributed by atoms with Crippen molar-refractivity contribution in [2.45, 2.75) is 37.7 Å². The number of hydrogen-bond acceptors (Lipinski definition) is 5. The van der Waals surface area contributed by atoms with Crippen LogP contribution in [0.1, 0.15) is 58.3 Å². The number of nitrogens with one attached hydrogen (secondary N) is 1. The highest BCUT2D eigenvalue weighted by molar-refractivity contribution is 6.35. The van der Waals surface area contributed by atoms with E-state index in [1.54, 1.807) is 42.5 Å². The summed E-state index contributed by atoms with van der Waals surface area (Å²) in [7, 11) is 0. The van der Waals surface area contributed by atoms with E-state index in [-0.39, 0.29) is 11.8 Å². The predicted octanol–water partition coefficient (Wildman–Crippen LogP) is 7.81. The van der Waals surface area contributed by atoms with Crippen molar-refractivity contribution in [2.24, 2.45) is 0 Å². The van der Waals surface area contributed by atoms with Crippen molar-refractivity contribution >= 4 is 46.9 Å². The lowest BCUT2D eigenvalue weighted by molar-refractivity contribution is 0.0323. The second kappa shape index (κ2) is 11.3. The van der Waals surface area contributed by atoms with Crippen molar-refractivity contribution in [3.63, 3.8) is 0 Å². The third kappa shape index (κ3) is 5.96. The van der Waals surface area contributed by atoms with Crippen LogP contribution in [0.25, 0.3) is 0 Å². The molecule has 1 amide bonds. The molecule has 0 spiro atoms. The van der Waals surface area contributed by atoms with Crippen LogP contribution in [0, 0.1) is 0 Å². The Labute approximate surface area is 234 Å². The zero-order chi connectivity index (χ0) is 26.8. The first kappa shape index (κ1) is 26.5. The Morgan fingerprint density at radius 2 is 1.76 bits per heavy atom. The number of carbonyl (C=O) groups excluding carboxylic acids is 1. The molecule has 7 nitrogen and oxygen atoms in total. The largest absolute Gasteiger partial charge is 0.506 e. The number of rotatable bonds is 8. The van der Waals surface area contributed by atoms with Gasteiger partial charge >= 0.3 is 6.16 Å². The topological polar surface area (TPSA) is 94.1 Å². The summed E-state index contributed by atoms with van der Waals surface area (Å²) in [4.78, 5) is 23.8. The minimum Gasteiger partial charge on any atom is -0.493 e. The molecule has 1 atom stereocenters. The number of hydrogen-bond donors (Lipinski definition) is 2. The van der Waals surface area contributed by atoms with Gasteiger partial charge in [0, 0.05) is 39.7 Å². The van der Waals surface area contributed by atoms with Crippen LogP contribution in [0.2, 0.25) is 15.1 Å². The number of benzene rings is 3. The minimum atomic E-state index is -1.34. The number of carbonyl (C=O) groups is 2. The molecule has 1 saturated carbocycles. The molecule has 5 rings (SSSR count). The third-order valence-corrected chi connectivity index (χ3v) is 7.35. The van der Waals surface area contributed by atoms with Crippen molar-refractivity contribution in [2.75, 3.05) is 13.2 Å². The summed E-state index contributed by atoms with van der Waals surface area (Å²) >= 11 is 18.8. The van der Waals surface area contributed by atoms with Crippen LogP contribution in [0.3, 0.4) is 0 Å². The fraction of sp³-hybridized carbons (Fsp3) is 0.286. The summed E-state index contributed by atoms with van der Waals surface area (Å²) in [6.45, 7) is 0.750. The molecule has 0 aromatic heterocycles. The van der Waals surface area contributed by atoms with Crippen LogP contribution in [0.15, 0.2) is 48.5 Å². The lowest BCUT2D eigenvalue weighted by Crippen LogP contribution is -2.25.